The predicted molar refractivity (Wildman–Crippen MR) is 322 cm³/mol. The maximum atomic E-state index is 17.2. The normalized spacial score (nSPS) is 23.3. The van der Waals surface area contributed by atoms with Crippen molar-refractivity contribution in [3.8, 4) is 33.5 Å². The van der Waals surface area contributed by atoms with Gasteiger partial charge in [-0.25, -0.2) is 14.2 Å². The Hall–Kier alpha value is -7.53. The van der Waals surface area contributed by atoms with Gasteiger partial charge in [-0.3, -0.25) is 19.5 Å². The molecule has 7 aromatic rings. The van der Waals surface area contributed by atoms with Gasteiger partial charge < -0.3 is 54.4 Å². The number of fused-ring (bicyclic) bond motifs is 4. The van der Waals surface area contributed by atoms with Crippen molar-refractivity contribution in [2.24, 2.45) is 5.92 Å². The highest BCUT2D eigenvalue weighted by Gasteiger charge is 2.44. The van der Waals surface area contributed by atoms with E-state index in [9.17, 15) is 24.6 Å². The smallest absolute Gasteiger partial charge is 0.409 e. The summed E-state index contributed by atoms with van der Waals surface area (Å²) in [6.07, 6.45) is 4.84. The first-order valence-electron chi connectivity index (χ1n) is 29.9. The van der Waals surface area contributed by atoms with Crippen molar-refractivity contribution >= 4 is 62.6 Å². The number of phenolic OH excluding ortho intramolecular Hbond substituents is 1. The quantitative estimate of drug-likeness (QED) is 0.0712. The number of aliphatic hydroxyl groups is 1. The molecule has 5 aliphatic rings. The molecule has 2 unspecified atom stereocenters. The maximum Gasteiger partial charge on any atom is 0.409 e. The molecule has 0 saturated carbocycles. The summed E-state index contributed by atoms with van der Waals surface area (Å²) in [4.78, 5) is 71.5. The van der Waals surface area contributed by atoms with Gasteiger partial charge in [0.25, 0.3) is 0 Å². The lowest BCUT2D eigenvalue weighted by Crippen LogP contribution is -2.54. The van der Waals surface area contributed by atoms with Gasteiger partial charge in [0.05, 0.1) is 33.6 Å². The number of thiazole rings is 1. The summed E-state index contributed by atoms with van der Waals surface area (Å²) in [6.45, 7) is 14.8. The van der Waals surface area contributed by atoms with E-state index in [4.69, 9.17) is 28.9 Å². The van der Waals surface area contributed by atoms with Crippen LogP contribution in [0.5, 0.6) is 11.8 Å². The number of aliphatic hydroxyl groups excluding tert-OH is 1. The predicted octanol–water partition coefficient (Wildman–Crippen LogP) is 8.38. The number of aryl methyl sites for hydroxylation is 2. The molecule has 448 valence electrons. The fourth-order valence-electron chi connectivity index (χ4n) is 13.5. The molecule has 0 spiro atoms. The van der Waals surface area contributed by atoms with Gasteiger partial charge >= 0.3 is 12.1 Å². The van der Waals surface area contributed by atoms with E-state index in [0.29, 0.717) is 79.6 Å². The van der Waals surface area contributed by atoms with Gasteiger partial charge in [0.2, 0.25) is 11.8 Å². The number of carbonyl (C=O) groups is 3. The number of benzene rings is 3. The van der Waals surface area contributed by atoms with E-state index in [-0.39, 0.29) is 91.0 Å². The molecular weight excluding hydrogens is 1100 g/mol. The summed E-state index contributed by atoms with van der Waals surface area (Å²) in [5.74, 6) is -0.770. The summed E-state index contributed by atoms with van der Waals surface area (Å²) < 4.78 is 35.6. The average molecular weight is 1180 g/mol. The number of hydrogen-bond acceptors (Lipinski definition) is 18. The Bertz CT molecular complexity index is 3610. The second kappa shape index (κ2) is 24.1. The van der Waals surface area contributed by atoms with Gasteiger partial charge in [0, 0.05) is 93.7 Å². The number of rotatable bonds is 16. The fraction of sp³-hybridized carbons (Fsp3) is 0.492. The summed E-state index contributed by atoms with van der Waals surface area (Å²) in [7, 11) is 1.99. The van der Waals surface area contributed by atoms with E-state index in [1.807, 2.05) is 96.6 Å². The van der Waals surface area contributed by atoms with Crippen LogP contribution in [0.2, 0.25) is 0 Å². The van der Waals surface area contributed by atoms with Crippen molar-refractivity contribution in [2.45, 2.75) is 134 Å². The number of hydrogen-bond donors (Lipinski definition) is 4. The molecule has 4 N–H and O–H groups in total. The molecule has 12 rings (SSSR count). The van der Waals surface area contributed by atoms with Crippen LogP contribution in [0.1, 0.15) is 101 Å². The summed E-state index contributed by atoms with van der Waals surface area (Å²) in [5, 5.41) is 34.9. The van der Waals surface area contributed by atoms with Gasteiger partial charge in [-0.15, -0.1) is 11.3 Å². The first-order chi connectivity index (χ1) is 41.0. The van der Waals surface area contributed by atoms with Crippen LogP contribution in [0.4, 0.5) is 20.8 Å². The number of amides is 3. The number of β-amino-alcohol motifs (C(OH)–C–C–N with tert-alkyl or cyclic N) is 1. The minimum atomic E-state index is -0.870. The van der Waals surface area contributed by atoms with Gasteiger partial charge in [0.15, 0.2) is 17.4 Å². The molecule has 4 aromatic heterocycles. The van der Waals surface area contributed by atoms with Crippen molar-refractivity contribution < 1.29 is 43.0 Å². The highest BCUT2D eigenvalue weighted by Crippen LogP contribution is 2.40. The molecule has 85 heavy (non-hydrogen) atoms. The van der Waals surface area contributed by atoms with E-state index >= 15 is 4.39 Å². The van der Waals surface area contributed by atoms with Gasteiger partial charge in [-0.05, 0) is 105 Å². The number of likely N-dealkylation sites (N-methyl/N-ethyl adjacent to an activating group) is 1. The molecule has 9 atom stereocenters. The molecular formula is C63H75FN12O8S. The van der Waals surface area contributed by atoms with E-state index in [1.165, 1.54) is 4.90 Å². The Morgan fingerprint density at radius 1 is 0.941 bits per heavy atom. The zero-order chi connectivity index (χ0) is 59.4. The van der Waals surface area contributed by atoms with Gasteiger partial charge in [0.1, 0.15) is 48.0 Å². The number of halogens is 1. The second-order valence-electron chi connectivity index (χ2n) is 24.2. The van der Waals surface area contributed by atoms with Crippen LogP contribution >= 0.6 is 11.3 Å². The summed E-state index contributed by atoms with van der Waals surface area (Å²) in [5.41, 5.74) is 6.45. The number of aromatic hydroxyl groups is 1. The third-order valence-electron chi connectivity index (χ3n) is 18.2. The zero-order valence-corrected chi connectivity index (χ0v) is 50.0. The molecule has 0 aliphatic carbocycles. The molecule has 3 aromatic carbocycles. The monoisotopic (exact) mass is 1180 g/mol. The fourth-order valence-corrected chi connectivity index (χ4v) is 14.3. The third-order valence-corrected chi connectivity index (χ3v) is 19.2. The molecule has 5 aliphatic heterocycles. The molecule has 2 bridgehead atoms. The molecule has 5 saturated heterocycles. The lowest BCUT2D eigenvalue weighted by Gasteiger charge is -2.39. The van der Waals surface area contributed by atoms with Crippen LogP contribution in [0.25, 0.3) is 43.4 Å². The molecule has 20 nitrogen and oxygen atoms in total. The minimum Gasteiger partial charge on any atom is -0.508 e. The molecule has 22 heteroatoms. The summed E-state index contributed by atoms with van der Waals surface area (Å²) in [6, 6.07) is 18.0. The van der Waals surface area contributed by atoms with Gasteiger partial charge in [-0.1, -0.05) is 68.4 Å². The van der Waals surface area contributed by atoms with Crippen LogP contribution in [0, 0.1) is 18.7 Å². The van der Waals surface area contributed by atoms with Crippen molar-refractivity contribution in [2.75, 3.05) is 69.3 Å². The number of nitrogens with zero attached hydrogens (tertiary/aromatic N) is 10. The van der Waals surface area contributed by atoms with Crippen molar-refractivity contribution in [3.05, 3.63) is 101 Å². The topological polar surface area (TPSA) is 228 Å². The van der Waals surface area contributed by atoms with E-state index in [2.05, 4.69) is 35.5 Å². The molecule has 5 fully saturated rings. The number of ether oxygens (including phenoxy) is 2. The Morgan fingerprint density at radius 2 is 1.71 bits per heavy atom. The van der Waals surface area contributed by atoms with Gasteiger partial charge in [-0.2, -0.15) is 9.97 Å². The van der Waals surface area contributed by atoms with Crippen LogP contribution < -0.4 is 25.2 Å². The number of carbonyl (C=O) groups excluding carboxylic acids is 3. The van der Waals surface area contributed by atoms with Crippen LogP contribution in [-0.2, 0) is 20.7 Å². The number of piperazine rings is 2. The Balaban J connectivity index is 0.659. The number of likely N-dealkylation sites (tertiary alicyclic amines) is 2. The minimum absolute atomic E-state index is 0.0164. The van der Waals surface area contributed by atoms with Crippen LogP contribution in [0.15, 0.2) is 76.9 Å². The Labute approximate surface area is 497 Å². The Kier molecular flexibility index (Phi) is 16.4. The highest BCUT2D eigenvalue weighted by molar-refractivity contribution is 7.13. The second-order valence-corrected chi connectivity index (χ2v) is 25.0. The highest BCUT2D eigenvalue weighted by atomic mass is 32.1. The number of nitrogens with one attached hydrogen (secondary N) is 2. The molecule has 0 radical (unpaired) electrons. The standard InChI is InChI=1S/C63H75FN12O8S/c1-8-38-10-9-11-41-22-46(77)23-48(54(38)41)56-55(64)57-49(26-65-56)59(74-28-42-16-17-43(29-74)68-42)70-62(69-57)82-31-44-18-19-45(72(44)7)32-83-63(81)73-20-21-75(35(4)27-73)52-25-51(84-71-52)53(34(2)3)61(80)76-30-47(78)24-50(76)60(79)67-36(5)39-12-14-40(15-13-39)58-37(6)66-33-85-58/h9-15,22-23,25-26,33-36,42-45,47,50,53,68,77-78H,8,16-21,24,27-32H2,1-7H3,(H,67,79)/t35-,36+,42?,43?,44+,45+,47-,50+,53+/m1/s1. The van der Waals surface area contributed by atoms with E-state index in [1.54, 1.807) is 40.6 Å². The Morgan fingerprint density at radius 3 is 2.42 bits per heavy atom. The SMILES string of the molecule is CCc1cccc2cc(O)cc(-c3ncc4c(N5CC6CCC(C5)N6)nc(OC[C@@H]5CC[C@@H](COC(=O)N6CCN(c7cc([C@@H](C(=O)N8C[C@H](O)C[C@H]8C(=O)N[C@@H](C)c8ccc(-c9scnc9C)cc8)C(C)C)on7)[C@H](C)C6)N5C)nc4c3F)c12. The number of aromatic nitrogens is 5. The number of pyridine rings is 1. The molecule has 9 heterocycles. The van der Waals surface area contributed by atoms with Crippen LogP contribution in [-0.4, -0.2) is 170 Å². The van der Waals surface area contributed by atoms with Crippen molar-refractivity contribution in [1.82, 2.24) is 50.4 Å². The largest absolute Gasteiger partial charge is 0.508 e. The van der Waals surface area contributed by atoms with Crippen molar-refractivity contribution in [1.29, 1.82) is 0 Å². The molecule has 3 amide bonds. The number of anilines is 2. The number of phenols is 1. The maximum absolute atomic E-state index is 17.2. The zero-order valence-electron chi connectivity index (χ0n) is 49.2. The third kappa shape index (κ3) is 11.6. The van der Waals surface area contributed by atoms with E-state index in [0.717, 1.165) is 63.7 Å². The van der Waals surface area contributed by atoms with Crippen LogP contribution in [0.3, 0.4) is 0 Å². The first kappa shape index (κ1) is 57.9. The first-order valence-corrected chi connectivity index (χ1v) is 30.8. The van der Waals surface area contributed by atoms with E-state index < -0.39 is 30.0 Å². The van der Waals surface area contributed by atoms with Crippen molar-refractivity contribution in [3.63, 3.8) is 0 Å². The lowest BCUT2D eigenvalue weighted by molar-refractivity contribution is -0.141. The average Bonchev–Trinajstić information content (AvgIpc) is 4.35. The summed E-state index contributed by atoms with van der Waals surface area (Å²) >= 11 is 1.58. The lowest BCUT2D eigenvalue weighted by atomic mass is 9.91.